The number of thiophene rings is 1. The van der Waals surface area contributed by atoms with Crippen molar-refractivity contribution in [2.24, 2.45) is 0 Å². The molecule has 0 amide bonds. The fraction of sp³-hybridized carbons (Fsp3) is 0.235. The second kappa shape index (κ2) is 5.35. The predicted octanol–water partition coefficient (Wildman–Crippen LogP) is 4.22. The summed E-state index contributed by atoms with van der Waals surface area (Å²) < 4.78 is 1.24. The Morgan fingerprint density at radius 1 is 1.15 bits per heavy atom. The molecule has 20 heavy (non-hydrogen) atoms. The van der Waals surface area contributed by atoms with Gasteiger partial charge in [-0.25, -0.2) is 0 Å². The summed E-state index contributed by atoms with van der Waals surface area (Å²) in [7, 11) is 2.01. The van der Waals surface area contributed by atoms with Crippen LogP contribution in [0.25, 0.3) is 10.2 Å². The molecule has 1 unspecified atom stereocenters. The molecule has 3 aromatic rings. The largest absolute Gasteiger partial charge is 0.309 e. The number of hydrogen-bond acceptors (Lipinski definition) is 3. The highest BCUT2D eigenvalue weighted by Crippen LogP contribution is 2.28. The Balaban J connectivity index is 2.10. The molecule has 0 saturated heterocycles. The number of aromatic nitrogens is 1. The second-order valence-electron chi connectivity index (χ2n) is 5.15. The van der Waals surface area contributed by atoms with Crippen molar-refractivity contribution in [3.63, 3.8) is 0 Å². The molecule has 1 N–H and O–H groups in total. The first-order chi connectivity index (χ1) is 9.69. The molecular formula is C17H18N2S. The van der Waals surface area contributed by atoms with Gasteiger partial charge in [0.05, 0.1) is 16.3 Å². The van der Waals surface area contributed by atoms with Crippen LogP contribution in [0.15, 0.2) is 41.9 Å². The van der Waals surface area contributed by atoms with Crippen molar-refractivity contribution in [2.45, 2.75) is 19.9 Å². The van der Waals surface area contributed by atoms with Crippen molar-refractivity contribution in [3.8, 4) is 0 Å². The first-order valence-corrected chi connectivity index (χ1v) is 7.64. The van der Waals surface area contributed by atoms with Crippen molar-refractivity contribution in [1.29, 1.82) is 0 Å². The van der Waals surface area contributed by atoms with Crippen LogP contribution in [0.1, 0.15) is 28.3 Å². The summed E-state index contributed by atoms with van der Waals surface area (Å²) in [6.45, 7) is 4.30. The summed E-state index contributed by atoms with van der Waals surface area (Å²) in [4.78, 5) is 4.56. The van der Waals surface area contributed by atoms with Gasteiger partial charge >= 0.3 is 0 Å². The van der Waals surface area contributed by atoms with E-state index in [4.69, 9.17) is 0 Å². The van der Waals surface area contributed by atoms with Crippen LogP contribution < -0.4 is 5.32 Å². The molecule has 0 fully saturated rings. The Hall–Kier alpha value is -1.71. The van der Waals surface area contributed by atoms with E-state index >= 15 is 0 Å². The van der Waals surface area contributed by atoms with Crippen LogP contribution in [0.4, 0.5) is 0 Å². The minimum absolute atomic E-state index is 0.189. The number of aryl methyl sites for hydroxylation is 2. The van der Waals surface area contributed by atoms with E-state index in [0.717, 1.165) is 5.52 Å². The fourth-order valence-corrected chi connectivity index (χ4v) is 3.38. The molecule has 0 aliphatic heterocycles. The highest BCUT2D eigenvalue weighted by Gasteiger charge is 2.15. The summed E-state index contributed by atoms with van der Waals surface area (Å²) >= 11 is 1.74. The van der Waals surface area contributed by atoms with Crippen molar-refractivity contribution in [1.82, 2.24) is 10.3 Å². The maximum Gasteiger partial charge on any atom is 0.0809 e. The van der Waals surface area contributed by atoms with Crippen molar-refractivity contribution in [2.75, 3.05) is 7.05 Å². The number of nitrogens with zero attached hydrogens (tertiary/aromatic N) is 1. The molecule has 0 spiro atoms. The number of nitrogens with one attached hydrogen (secondary N) is 1. The van der Waals surface area contributed by atoms with Gasteiger partial charge in [0, 0.05) is 6.20 Å². The molecule has 0 aliphatic rings. The molecular weight excluding hydrogens is 264 g/mol. The lowest BCUT2D eigenvalue weighted by molar-refractivity contribution is 0.685. The maximum absolute atomic E-state index is 4.56. The number of fused-ring (bicyclic) bond motifs is 1. The van der Waals surface area contributed by atoms with Crippen LogP contribution >= 0.6 is 11.3 Å². The average Bonchev–Trinajstić information content (AvgIpc) is 2.91. The third kappa shape index (κ3) is 2.35. The van der Waals surface area contributed by atoms with E-state index in [2.05, 4.69) is 59.9 Å². The Labute approximate surface area is 123 Å². The molecule has 0 saturated carbocycles. The minimum atomic E-state index is 0.189. The number of benzene rings is 1. The monoisotopic (exact) mass is 282 g/mol. The van der Waals surface area contributed by atoms with E-state index in [9.17, 15) is 0 Å². The first-order valence-electron chi connectivity index (χ1n) is 6.76. The Morgan fingerprint density at radius 3 is 2.80 bits per heavy atom. The van der Waals surface area contributed by atoms with Gasteiger partial charge in [0.25, 0.3) is 0 Å². The zero-order chi connectivity index (χ0) is 14.1. The highest BCUT2D eigenvalue weighted by atomic mass is 32.1. The lowest BCUT2D eigenvalue weighted by Crippen LogP contribution is -2.19. The molecule has 0 radical (unpaired) electrons. The standard InChI is InChI=1S/C17H18N2S/c1-11-4-5-12(2)14(8-11)17(18-3)13-9-16-15(19-10-13)6-7-20-16/h4-10,17-18H,1-3H3. The molecule has 0 aliphatic carbocycles. The normalized spacial score (nSPS) is 12.8. The van der Waals surface area contributed by atoms with Gasteiger partial charge in [0.2, 0.25) is 0 Å². The molecule has 3 rings (SSSR count). The van der Waals surface area contributed by atoms with E-state index in [0.29, 0.717) is 0 Å². The molecule has 0 bridgehead atoms. The summed E-state index contributed by atoms with van der Waals surface area (Å²) in [5, 5.41) is 5.52. The zero-order valence-corrected chi connectivity index (χ0v) is 12.8. The Bertz CT molecular complexity index is 746. The molecule has 102 valence electrons. The van der Waals surface area contributed by atoms with Gasteiger partial charge in [-0.1, -0.05) is 23.8 Å². The van der Waals surface area contributed by atoms with Crippen LogP contribution in [-0.2, 0) is 0 Å². The van der Waals surface area contributed by atoms with Gasteiger partial charge < -0.3 is 5.32 Å². The van der Waals surface area contributed by atoms with Crippen LogP contribution in [0, 0.1) is 13.8 Å². The van der Waals surface area contributed by atoms with Crippen molar-refractivity contribution < 1.29 is 0 Å². The van der Waals surface area contributed by atoms with Gasteiger partial charge in [-0.3, -0.25) is 4.98 Å². The van der Waals surface area contributed by atoms with E-state index in [1.807, 2.05) is 13.2 Å². The van der Waals surface area contributed by atoms with Gasteiger partial charge in [0.15, 0.2) is 0 Å². The molecule has 2 aromatic heterocycles. The van der Waals surface area contributed by atoms with Gasteiger partial charge in [-0.2, -0.15) is 0 Å². The van der Waals surface area contributed by atoms with Crippen LogP contribution in [0.5, 0.6) is 0 Å². The quantitative estimate of drug-likeness (QED) is 0.778. The van der Waals surface area contributed by atoms with Gasteiger partial charge in [-0.05, 0) is 55.1 Å². The van der Waals surface area contributed by atoms with Crippen molar-refractivity contribution >= 4 is 21.6 Å². The topological polar surface area (TPSA) is 24.9 Å². The number of rotatable bonds is 3. The lowest BCUT2D eigenvalue weighted by atomic mass is 9.94. The zero-order valence-electron chi connectivity index (χ0n) is 12.0. The molecule has 3 heteroatoms. The smallest absolute Gasteiger partial charge is 0.0809 e. The second-order valence-corrected chi connectivity index (χ2v) is 6.10. The summed E-state index contributed by atoms with van der Waals surface area (Å²) in [6.07, 6.45) is 1.98. The number of pyridine rings is 1. The van der Waals surface area contributed by atoms with E-state index in [1.165, 1.54) is 27.0 Å². The third-order valence-electron chi connectivity index (χ3n) is 3.69. The summed E-state index contributed by atoms with van der Waals surface area (Å²) in [6, 6.07) is 11.1. The van der Waals surface area contributed by atoms with Gasteiger partial charge in [0.1, 0.15) is 0 Å². The summed E-state index contributed by atoms with van der Waals surface area (Å²) in [5.41, 5.74) is 6.22. The molecule has 2 nitrogen and oxygen atoms in total. The van der Waals surface area contributed by atoms with Crippen LogP contribution in [-0.4, -0.2) is 12.0 Å². The molecule has 1 atom stereocenters. The lowest BCUT2D eigenvalue weighted by Gasteiger charge is -2.19. The maximum atomic E-state index is 4.56. The Morgan fingerprint density at radius 2 is 2.00 bits per heavy atom. The van der Waals surface area contributed by atoms with Crippen molar-refractivity contribution in [3.05, 3.63) is 64.2 Å². The van der Waals surface area contributed by atoms with E-state index in [1.54, 1.807) is 11.3 Å². The Kier molecular flexibility index (Phi) is 3.55. The third-order valence-corrected chi connectivity index (χ3v) is 4.54. The molecule has 2 heterocycles. The fourth-order valence-electron chi connectivity index (χ4n) is 2.59. The van der Waals surface area contributed by atoms with E-state index < -0.39 is 0 Å². The summed E-state index contributed by atoms with van der Waals surface area (Å²) in [5.74, 6) is 0. The van der Waals surface area contributed by atoms with Crippen LogP contribution in [0.2, 0.25) is 0 Å². The van der Waals surface area contributed by atoms with Gasteiger partial charge in [-0.15, -0.1) is 11.3 Å². The number of hydrogen-bond donors (Lipinski definition) is 1. The SMILES string of the molecule is CNC(c1cnc2ccsc2c1)c1cc(C)ccc1C. The predicted molar refractivity (Wildman–Crippen MR) is 86.4 cm³/mol. The minimum Gasteiger partial charge on any atom is -0.309 e. The highest BCUT2D eigenvalue weighted by molar-refractivity contribution is 7.17. The van der Waals surface area contributed by atoms with E-state index in [-0.39, 0.29) is 6.04 Å². The first kappa shape index (κ1) is 13.3. The van der Waals surface area contributed by atoms with Crippen LogP contribution in [0.3, 0.4) is 0 Å². The average molecular weight is 282 g/mol. The molecule has 1 aromatic carbocycles.